The normalized spacial score (nSPS) is 18.7. The van der Waals surface area contributed by atoms with E-state index in [1.807, 2.05) is 43.1 Å². The van der Waals surface area contributed by atoms with Crippen molar-refractivity contribution in [3.05, 3.63) is 42.4 Å². The Labute approximate surface area is 131 Å². The summed E-state index contributed by atoms with van der Waals surface area (Å²) in [4.78, 5) is 22.4. The van der Waals surface area contributed by atoms with Gasteiger partial charge in [0.25, 0.3) is 0 Å². The summed E-state index contributed by atoms with van der Waals surface area (Å²) in [7, 11) is 0. The third-order valence-electron chi connectivity index (χ3n) is 4.28. The molecule has 4 nitrogen and oxygen atoms in total. The molecule has 1 unspecified atom stereocenters. The van der Waals surface area contributed by atoms with E-state index in [-0.39, 0.29) is 17.9 Å². The third kappa shape index (κ3) is 2.91. The number of imidazole rings is 1. The quantitative estimate of drug-likeness (QED) is 0.937. The van der Waals surface area contributed by atoms with Gasteiger partial charge in [0.2, 0.25) is 5.91 Å². The fraction of sp³-hybridized carbons (Fsp3) is 0.444. The number of H-pyrrole nitrogens is 1. The lowest BCUT2D eigenvalue weighted by atomic mass is 9.99. The van der Waals surface area contributed by atoms with Crippen molar-refractivity contribution in [2.45, 2.75) is 39.2 Å². The Bertz CT molecular complexity index is 633. The minimum absolute atomic E-state index is 0.0316. The Morgan fingerprint density at radius 2 is 2.05 bits per heavy atom. The van der Waals surface area contributed by atoms with Crippen LogP contribution >= 0.6 is 0 Å². The zero-order valence-corrected chi connectivity index (χ0v) is 13.2. The maximum Gasteiger partial charge on any atom is 0.225 e. The first kappa shape index (κ1) is 14.8. The number of aromatic nitrogens is 2. The number of rotatable bonds is 3. The zero-order valence-electron chi connectivity index (χ0n) is 13.2. The van der Waals surface area contributed by atoms with Gasteiger partial charge in [-0.15, -0.1) is 0 Å². The predicted molar refractivity (Wildman–Crippen MR) is 87.2 cm³/mol. The molecule has 1 aliphatic rings. The Balaban J connectivity index is 1.86. The molecule has 1 aliphatic heterocycles. The molecule has 1 atom stereocenters. The van der Waals surface area contributed by atoms with Gasteiger partial charge in [0.05, 0.1) is 17.9 Å². The van der Waals surface area contributed by atoms with Gasteiger partial charge in [0.15, 0.2) is 0 Å². The Hall–Kier alpha value is -2.10. The predicted octanol–water partition coefficient (Wildman–Crippen LogP) is 3.79. The molecule has 2 heterocycles. The van der Waals surface area contributed by atoms with Crippen LogP contribution in [-0.4, -0.2) is 27.3 Å². The van der Waals surface area contributed by atoms with E-state index in [9.17, 15) is 4.79 Å². The highest BCUT2D eigenvalue weighted by molar-refractivity contribution is 5.78. The number of nitrogens with zero attached hydrogens (tertiary/aromatic N) is 2. The van der Waals surface area contributed by atoms with E-state index >= 15 is 0 Å². The Kier molecular flexibility index (Phi) is 4.27. The van der Waals surface area contributed by atoms with E-state index in [2.05, 4.69) is 22.1 Å². The lowest BCUT2D eigenvalue weighted by Gasteiger charge is -2.35. The van der Waals surface area contributed by atoms with Gasteiger partial charge in [-0.1, -0.05) is 44.2 Å². The highest BCUT2D eigenvalue weighted by Crippen LogP contribution is 2.31. The van der Waals surface area contributed by atoms with Gasteiger partial charge in [0.1, 0.15) is 5.82 Å². The number of hydrogen-bond acceptors (Lipinski definition) is 2. The van der Waals surface area contributed by atoms with Crippen molar-refractivity contribution in [3.63, 3.8) is 0 Å². The fourth-order valence-corrected chi connectivity index (χ4v) is 3.08. The largest absolute Gasteiger partial charge is 0.340 e. The number of nitrogens with one attached hydrogen (secondary N) is 1. The summed E-state index contributed by atoms with van der Waals surface area (Å²) in [6.07, 6.45) is 5.09. The fourth-order valence-electron chi connectivity index (χ4n) is 3.08. The van der Waals surface area contributed by atoms with Crippen molar-refractivity contribution in [2.75, 3.05) is 6.54 Å². The summed E-state index contributed by atoms with van der Waals surface area (Å²) in [5, 5.41) is 0. The molecule has 116 valence electrons. The smallest absolute Gasteiger partial charge is 0.225 e. The first-order valence-corrected chi connectivity index (χ1v) is 8.07. The molecule has 0 spiro atoms. The van der Waals surface area contributed by atoms with Gasteiger partial charge >= 0.3 is 0 Å². The molecule has 1 saturated heterocycles. The van der Waals surface area contributed by atoms with E-state index in [1.54, 1.807) is 0 Å². The van der Waals surface area contributed by atoms with Gasteiger partial charge in [-0.3, -0.25) is 4.79 Å². The summed E-state index contributed by atoms with van der Waals surface area (Å²) >= 11 is 0. The topological polar surface area (TPSA) is 49.0 Å². The summed E-state index contributed by atoms with van der Waals surface area (Å²) in [5.74, 6) is 1.17. The number of likely N-dealkylation sites (tertiary alicyclic amines) is 1. The van der Waals surface area contributed by atoms with E-state index < -0.39 is 0 Å². The molecule has 0 aliphatic carbocycles. The van der Waals surface area contributed by atoms with Crippen molar-refractivity contribution < 1.29 is 4.79 Å². The van der Waals surface area contributed by atoms with Gasteiger partial charge in [-0.05, 0) is 24.8 Å². The first-order chi connectivity index (χ1) is 10.7. The Morgan fingerprint density at radius 3 is 2.77 bits per heavy atom. The number of aromatic amines is 1. The highest BCUT2D eigenvalue weighted by atomic mass is 16.2. The second-order valence-electron chi connectivity index (χ2n) is 6.25. The summed E-state index contributed by atoms with van der Waals surface area (Å²) in [5.41, 5.74) is 2.14. The number of benzene rings is 1. The van der Waals surface area contributed by atoms with Crippen LogP contribution in [0.4, 0.5) is 0 Å². The molecule has 0 saturated carbocycles. The molecule has 2 aromatic rings. The van der Waals surface area contributed by atoms with Crippen molar-refractivity contribution in [1.82, 2.24) is 14.9 Å². The molecule has 1 amide bonds. The molecular weight excluding hydrogens is 274 g/mol. The maximum atomic E-state index is 12.4. The van der Waals surface area contributed by atoms with E-state index in [0.29, 0.717) is 0 Å². The van der Waals surface area contributed by atoms with Crippen LogP contribution in [-0.2, 0) is 4.79 Å². The molecule has 3 rings (SSSR count). The van der Waals surface area contributed by atoms with E-state index in [1.165, 1.54) is 0 Å². The number of piperidine rings is 1. The molecule has 4 heteroatoms. The Morgan fingerprint density at radius 1 is 1.27 bits per heavy atom. The molecule has 1 N–H and O–H groups in total. The molecular formula is C18H23N3O. The van der Waals surface area contributed by atoms with Gasteiger partial charge in [0, 0.05) is 12.5 Å². The number of carbonyl (C=O) groups is 1. The highest BCUT2D eigenvalue weighted by Gasteiger charge is 2.31. The number of amides is 1. The molecule has 1 fully saturated rings. The van der Waals surface area contributed by atoms with Gasteiger partial charge < -0.3 is 9.88 Å². The van der Waals surface area contributed by atoms with Crippen LogP contribution in [0.3, 0.4) is 0 Å². The van der Waals surface area contributed by atoms with Crippen molar-refractivity contribution >= 4 is 5.91 Å². The molecule has 0 radical (unpaired) electrons. The van der Waals surface area contributed by atoms with E-state index in [0.717, 1.165) is 42.9 Å². The van der Waals surface area contributed by atoms with Gasteiger partial charge in [-0.25, -0.2) is 4.98 Å². The molecule has 0 bridgehead atoms. The molecule has 1 aromatic heterocycles. The van der Waals surface area contributed by atoms with Crippen LogP contribution < -0.4 is 0 Å². The minimum Gasteiger partial charge on any atom is -0.340 e. The van der Waals surface area contributed by atoms with Crippen LogP contribution in [0.1, 0.15) is 45.0 Å². The van der Waals surface area contributed by atoms with Crippen LogP contribution in [0, 0.1) is 5.92 Å². The SMILES string of the molecule is CC(C)C(=O)N1CCCCC1c1ncc(-c2ccccc2)[nH]1. The van der Waals surface area contributed by atoms with Crippen LogP contribution in [0.25, 0.3) is 11.3 Å². The standard InChI is InChI=1S/C18H23N3O/c1-13(2)18(22)21-11-7-6-10-16(21)17-19-12-15(20-17)14-8-4-3-5-9-14/h3-5,8-9,12-13,16H,6-7,10-11H2,1-2H3,(H,19,20). The zero-order chi connectivity index (χ0) is 15.5. The first-order valence-electron chi connectivity index (χ1n) is 8.07. The average Bonchev–Trinajstić information content (AvgIpc) is 3.05. The number of hydrogen-bond donors (Lipinski definition) is 1. The third-order valence-corrected chi connectivity index (χ3v) is 4.28. The van der Waals surface area contributed by atoms with E-state index in [4.69, 9.17) is 0 Å². The second-order valence-corrected chi connectivity index (χ2v) is 6.25. The summed E-state index contributed by atoms with van der Waals surface area (Å²) < 4.78 is 0. The molecule has 1 aromatic carbocycles. The average molecular weight is 297 g/mol. The van der Waals surface area contributed by atoms with Crippen molar-refractivity contribution in [3.8, 4) is 11.3 Å². The summed E-state index contributed by atoms with van der Waals surface area (Å²) in [6, 6.07) is 10.3. The van der Waals surface area contributed by atoms with Crippen LogP contribution in [0.2, 0.25) is 0 Å². The molecule has 22 heavy (non-hydrogen) atoms. The van der Waals surface area contributed by atoms with Crippen LogP contribution in [0.15, 0.2) is 36.5 Å². The maximum absolute atomic E-state index is 12.4. The van der Waals surface area contributed by atoms with Crippen LogP contribution in [0.5, 0.6) is 0 Å². The number of carbonyl (C=O) groups excluding carboxylic acids is 1. The lowest BCUT2D eigenvalue weighted by Crippen LogP contribution is -2.41. The lowest BCUT2D eigenvalue weighted by molar-refractivity contribution is -0.138. The summed E-state index contributed by atoms with van der Waals surface area (Å²) in [6.45, 7) is 4.76. The van der Waals surface area contributed by atoms with Crippen molar-refractivity contribution in [2.24, 2.45) is 5.92 Å². The van der Waals surface area contributed by atoms with Crippen molar-refractivity contribution in [1.29, 1.82) is 0 Å². The second kappa shape index (κ2) is 6.34. The minimum atomic E-state index is 0.0316. The van der Waals surface area contributed by atoms with Gasteiger partial charge in [-0.2, -0.15) is 0 Å². The monoisotopic (exact) mass is 297 g/mol.